The van der Waals surface area contributed by atoms with Gasteiger partial charge in [-0.1, -0.05) is 66.7 Å². The zero-order chi connectivity index (χ0) is 20.2. The minimum atomic E-state index is -0.178. The molecule has 0 atom stereocenters. The summed E-state index contributed by atoms with van der Waals surface area (Å²) < 4.78 is 0. The fraction of sp³-hybridized carbons (Fsp3) is 0.261. The lowest BCUT2D eigenvalue weighted by Crippen LogP contribution is -2.36. The van der Waals surface area contributed by atoms with Gasteiger partial charge in [-0.3, -0.25) is 9.78 Å². The zero-order valence-corrected chi connectivity index (χ0v) is 17.4. The Labute approximate surface area is 180 Å². The van der Waals surface area contributed by atoms with Crippen molar-refractivity contribution in [2.45, 2.75) is 38.1 Å². The molecule has 1 fully saturated rings. The summed E-state index contributed by atoms with van der Waals surface area (Å²) in [6.45, 7) is 0. The smallest absolute Gasteiger partial charge is 0.271 e. The van der Waals surface area contributed by atoms with Gasteiger partial charge in [0, 0.05) is 27.2 Å². The van der Waals surface area contributed by atoms with Crippen LogP contribution in [0.2, 0.25) is 10.0 Å². The van der Waals surface area contributed by atoms with E-state index in [4.69, 9.17) is 23.2 Å². The Morgan fingerprint density at radius 2 is 1.38 bits per heavy atom. The van der Waals surface area contributed by atoms with Crippen LogP contribution in [-0.2, 0) is 0 Å². The predicted octanol–water partition coefficient (Wildman–Crippen LogP) is 6.18. The van der Waals surface area contributed by atoms with E-state index >= 15 is 0 Å². The van der Waals surface area contributed by atoms with Crippen molar-refractivity contribution in [1.29, 1.82) is 0 Å². The molecule has 1 heterocycles. The maximum atomic E-state index is 12.8. The first-order chi connectivity index (χ1) is 14.1. The highest BCUT2D eigenvalue weighted by Crippen LogP contribution is 2.30. The van der Waals surface area contributed by atoms with Crippen LogP contribution >= 0.6 is 23.2 Å². The Hall–Kier alpha value is -2.43. The van der Waals surface area contributed by atoms with Crippen LogP contribution in [0.4, 0.5) is 0 Å². The van der Waals surface area contributed by atoms with Crippen molar-refractivity contribution in [2.75, 3.05) is 0 Å². The summed E-state index contributed by atoms with van der Waals surface area (Å²) in [6, 6.07) is 15.0. The summed E-state index contributed by atoms with van der Waals surface area (Å²) in [7, 11) is 0. The Morgan fingerprint density at radius 1 is 0.828 bits per heavy atom. The van der Waals surface area contributed by atoms with Crippen LogP contribution in [-0.4, -0.2) is 21.9 Å². The number of carbonyl (C=O) groups is 1. The van der Waals surface area contributed by atoms with Crippen molar-refractivity contribution in [3.05, 3.63) is 70.5 Å². The first-order valence-electron chi connectivity index (χ1n) is 9.80. The summed E-state index contributed by atoms with van der Waals surface area (Å²) in [5.41, 5.74) is 3.38. The second-order valence-corrected chi connectivity index (χ2v) is 8.15. The molecule has 0 saturated heterocycles. The average Bonchev–Trinajstić information content (AvgIpc) is 2.75. The molecule has 1 aliphatic carbocycles. The van der Waals surface area contributed by atoms with Crippen molar-refractivity contribution in [3.63, 3.8) is 0 Å². The van der Waals surface area contributed by atoms with Gasteiger partial charge in [0.05, 0.1) is 17.6 Å². The third-order valence-electron chi connectivity index (χ3n) is 5.18. The zero-order valence-electron chi connectivity index (χ0n) is 15.9. The van der Waals surface area contributed by atoms with Gasteiger partial charge in [-0.15, -0.1) is 0 Å². The largest absolute Gasteiger partial charge is 0.348 e. The number of benzene rings is 2. The molecule has 2 aromatic carbocycles. The van der Waals surface area contributed by atoms with E-state index in [2.05, 4.69) is 15.3 Å². The van der Waals surface area contributed by atoms with E-state index in [1.165, 1.54) is 6.42 Å². The van der Waals surface area contributed by atoms with E-state index < -0.39 is 0 Å². The third kappa shape index (κ3) is 4.77. The molecule has 0 radical (unpaired) electrons. The van der Waals surface area contributed by atoms with Crippen molar-refractivity contribution in [3.8, 4) is 22.5 Å². The fourth-order valence-electron chi connectivity index (χ4n) is 3.63. The highest BCUT2D eigenvalue weighted by atomic mass is 35.5. The van der Waals surface area contributed by atoms with E-state index in [9.17, 15) is 4.79 Å². The lowest BCUT2D eigenvalue weighted by molar-refractivity contribution is 0.0922. The van der Waals surface area contributed by atoms with E-state index in [0.717, 1.165) is 36.8 Å². The molecule has 0 aliphatic heterocycles. The molecule has 148 valence electrons. The molecule has 29 heavy (non-hydrogen) atoms. The molecule has 6 heteroatoms. The van der Waals surface area contributed by atoms with Crippen LogP contribution in [0.25, 0.3) is 22.5 Å². The lowest BCUT2D eigenvalue weighted by Gasteiger charge is -2.22. The molecule has 0 bridgehead atoms. The van der Waals surface area contributed by atoms with Crippen LogP contribution in [0.5, 0.6) is 0 Å². The number of halogens is 2. The van der Waals surface area contributed by atoms with Crippen LogP contribution in [0, 0.1) is 0 Å². The number of hydrogen-bond acceptors (Lipinski definition) is 3. The monoisotopic (exact) mass is 425 g/mol. The molecule has 1 aromatic heterocycles. The molecular weight excluding hydrogens is 405 g/mol. The number of rotatable bonds is 4. The standard InChI is InChI=1S/C23H21Cl2N3O/c24-17-10-6-15(7-11-17)21-22(16-8-12-18(25)13-9-16)28-20(14-26-21)23(29)27-19-4-2-1-3-5-19/h6-14,19H,1-5H2,(H,27,29). The van der Waals surface area contributed by atoms with Crippen molar-refractivity contribution in [1.82, 2.24) is 15.3 Å². The summed E-state index contributed by atoms with van der Waals surface area (Å²) in [4.78, 5) is 22.1. The molecular formula is C23H21Cl2N3O. The fourth-order valence-corrected chi connectivity index (χ4v) is 3.88. The van der Waals surface area contributed by atoms with Gasteiger partial charge in [0.15, 0.2) is 0 Å². The van der Waals surface area contributed by atoms with Gasteiger partial charge < -0.3 is 5.32 Å². The van der Waals surface area contributed by atoms with Gasteiger partial charge in [0.25, 0.3) is 5.91 Å². The van der Waals surface area contributed by atoms with Gasteiger partial charge in [0.1, 0.15) is 5.69 Å². The molecule has 1 saturated carbocycles. The van der Waals surface area contributed by atoms with Crippen LogP contribution in [0.3, 0.4) is 0 Å². The maximum absolute atomic E-state index is 12.8. The Balaban J connectivity index is 1.71. The molecule has 0 unspecified atom stereocenters. The van der Waals surface area contributed by atoms with Crippen molar-refractivity contribution >= 4 is 29.1 Å². The maximum Gasteiger partial charge on any atom is 0.271 e. The molecule has 4 nitrogen and oxygen atoms in total. The van der Waals surface area contributed by atoms with Crippen molar-refractivity contribution in [2.24, 2.45) is 0 Å². The topological polar surface area (TPSA) is 54.9 Å². The van der Waals surface area contributed by atoms with Gasteiger partial charge in [-0.05, 0) is 37.1 Å². The van der Waals surface area contributed by atoms with Crippen molar-refractivity contribution < 1.29 is 4.79 Å². The van der Waals surface area contributed by atoms with E-state index in [1.54, 1.807) is 18.3 Å². The second-order valence-electron chi connectivity index (χ2n) is 7.27. The van der Waals surface area contributed by atoms with Gasteiger partial charge in [-0.2, -0.15) is 0 Å². The van der Waals surface area contributed by atoms with E-state index in [0.29, 0.717) is 27.1 Å². The average molecular weight is 426 g/mol. The van der Waals surface area contributed by atoms with Gasteiger partial charge in [-0.25, -0.2) is 4.98 Å². The van der Waals surface area contributed by atoms with Gasteiger partial charge in [0.2, 0.25) is 0 Å². The molecule has 1 amide bonds. The second kappa shape index (κ2) is 8.93. The number of hydrogen-bond donors (Lipinski definition) is 1. The number of amides is 1. The first-order valence-corrected chi connectivity index (χ1v) is 10.6. The summed E-state index contributed by atoms with van der Waals surface area (Å²) in [5, 5.41) is 4.40. The normalized spacial score (nSPS) is 14.6. The summed E-state index contributed by atoms with van der Waals surface area (Å²) in [5.74, 6) is -0.178. The highest BCUT2D eigenvalue weighted by Gasteiger charge is 2.20. The van der Waals surface area contributed by atoms with E-state index in [-0.39, 0.29) is 11.9 Å². The van der Waals surface area contributed by atoms with Crippen LogP contribution in [0.15, 0.2) is 54.7 Å². The summed E-state index contributed by atoms with van der Waals surface area (Å²) in [6.07, 6.45) is 7.13. The number of nitrogens with one attached hydrogen (secondary N) is 1. The minimum absolute atomic E-state index is 0.178. The lowest BCUT2D eigenvalue weighted by atomic mass is 9.95. The number of carbonyl (C=O) groups excluding carboxylic acids is 1. The molecule has 1 aliphatic rings. The molecule has 1 N–H and O–H groups in total. The highest BCUT2D eigenvalue weighted by molar-refractivity contribution is 6.31. The first kappa shape index (κ1) is 19.9. The number of aromatic nitrogens is 2. The quantitative estimate of drug-likeness (QED) is 0.542. The van der Waals surface area contributed by atoms with E-state index in [1.807, 2.05) is 36.4 Å². The Bertz CT molecular complexity index is 998. The minimum Gasteiger partial charge on any atom is -0.348 e. The van der Waals surface area contributed by atoms with Gasteiger partial charge >= 0.3 is 0 Å². The third-order valence-corrected chi connectivity index (χ3v) is 5.68. The molecule has 3 aromatic rings. The molecule has 4 rings (SSSR count). The number of nitrogens with zero attached hydrogens (tertiary/aromatic N) is 2. The predicted molar refractivity (Wildman–Crippen MR) is 117 cm³/mol. The molecule has 0 spiro atoms. The Kier molecular flexibility index (Phi) is 6.12. The van der Waals surface area contributed by atoms with Crippen LogP contribution < -0.4 is 5.32 Å². The summed E-state index contributed by atoms with van der Waals surface area (Å²) >= 11 is 12.1. The SMILES string of the molecule is O=C(NC1CCCCC1)c1cnc(-c2ccc(Cl)cc2)c(-c2ccc(Cl)cc2)n1. The van der Waals surface area contributed by atoms with Crippen LogP contribution in [0.1, 0.15) is 42.6 Å². The Morgan fingerprint density at radius 3 is 1.97 bits per heavy atom.